The average molecular weight is 712 g/mol. The molecule has 0 fully saturated rings. The van der Waals surface area contributed by atoms with E-state index < -0.39 is 0 Å². The number of hydrogen-bond donors (Lipinski definition) is 1. The van der Waals surface area contributed by atoms with Crippen molar-refractivity contribution in [3.05, 3.63) is 271 Å². The third-order valence-electron chi connectivity index (χ3n) is 9.55. The van der Waals surface area contributed by atoms with Gasteiger partial charge in [-0.1, -0.05) is 231 Å². The van der Waals surface area contributed by atoms with E-state index in [0.717, 1.165) is 29.7 Å². The van der Waals surface area contributed by atoms with Gasteiger partial charge in [0.05, 0.1) is 0 Å². The molecule has 0 unspecified atom stereocenters. The van der Waals surface area contributed by atoms with Gasteiger partial charge in [-0.25, -0.2) is 0 Å². The van der Waals surface area contributed by atoms with Crippen molar-refractivity contribution < 1.29 is 0 Å². The molecule has 1 heteroatoms. The Morgan fingerprint density at radius 2 is 1.13 bits per heavy atom. The van der Waals surface area contributed by atoms with Crippen LogP contribution in [0.5, 0.6) is 0 Å². The van der Waals surface area contributed by atoms with E-state index in [1.165, 1.54) is 44.5 Å². The molecule has 0 bridgehead atoms. The van der Waals surface area contributed by atoms with Crippen LogP contribution in [0.15, 0.2) is 254 Å². The first-order chi connectivity index (χ1) is 27.3. The minimum Gasteiger partial charge on any atom is -0.388 e. The van der Waals surface area contributed by atoms with Crippen LogP contribution in [0.2, 0.25) is 0 Å². The normalized spacial score (nSPS) is 17.9. The van der Waals surface area contributed by atoms with Gasteiger partial charge in [-0.15, -0.1) is 0 Å². The standard InChI is InChI=1S/C54H49N/c1-3-4-5-6-15-39-49(54-50(43-27-16-9-17-28-43)40-26-41-51(54)44-29-18-10-19-30-44)42-52(55-2)45-31-13-7-8-14-33-48(38-25-24-32-45)53(46-34-20-11-21-35-46)47-36-22-12-23-37-47/h3-5,7-14,16-42,53,55H,1,6,15H2,2H3/b5-4-,8-7+,13-7?,14-8?,25-24-,31-13+,32-24?,33-14-,38-25?,45-31?,45-32+,48-33?,48-38+,49-39+,52-42-. The number of nitrogens with one attached hydrogen (secondary N) is 1. The molecular weight excluding hydrogens is 663 g/mol. The van der Waals surface area contributed by atoms with Gasteiger partial charge in [-0.2, -0.15) is 0 Å². The molecule has 0 heterocycles. The number of unbranched alkanes of at least 4 members (excludes halogenated alkanes) is 1. The van der Waals surface area contributed by atoms with Gasteiger partial charge < -0.3 is 5.32 Å². The molecule has 6 rings (SSSR count). The lowest BCUT2D eigenvalue weighted by molar-refractivity contribution is 0.977. The van der Waals surface area contributed by atoms with E-state index in [2.05, 4.69) is 230 Å². The summed E-state index contributed by atoms with van der Waals surface area (Å²) in [6.07, 6.45) is 34.1. The first kappa shape index (κ1) is 38.0. The Hall–Kier alpha value is -6.70. The molecule has 0 spiro atoms. The van der Waals surface area contributed by atoms with Gasteiger partial charge in [0.25, 0.3) is 0 Å². The second kappa shape index (κ2) is 20.5. The van der Waals surface area contributed by atoms with Crippen LogP contribution < -0.4 is 5.32 Å². The van der Waals surface area contributed by atoms with Gasteiger partial charge in [-0.05, 0) is 74.6 Å². The first-order valence-corrected chi connectivity index (χ1v) is 19.1. The molecule has 1 aliphatic rings. The molecule has 1 aliphatic carbocycles. The van der Waals surface area contributed by atoms with Gasteiger partial charge in [-0.3, -0.25) is 0 Å². The highest BCUT2D eigenvalue weighted by molar-refractivity contribution is 5.94. The molecule has 5 aromatic rings. The number of benzene rings is 5. The van der Waals surface area contributed by atoms with Crippen LogP contribution in [-0.2, 0) is 0 Å². The van der Waals surface area contributed by atoms with Gasteiger partial charge in [0.2, 0.25) is 0 Å². The molecule has 1 nitrogen and oxygen atoms in total. The Morgan fingerprint density at radius 3 is 1.69 bits per heavy atom. The minimum absolute atomic E-state index is 0.101. The third kappa shape index (κ3) is 10.5. The summed E-state index contributed by atoms with van der Waals surface area (Å²) in [4.78, 5) is 0. The van der Waals surface area contributed by atoms with Crippen LogP contribution in [0.25, 0.3) is 27.8 Å². The molecule has 0 amide bonds. The van der Waals surface area contributed by atoms with Crippen molar-refractivity contribution in [2.75, 3.05) is 7.05 Å². The summed E-state index contributed by atoms with van der Waals surface area (Å²) >= 11 is 0. The molecule has 0 saturated carbocycles. The van der Waals surface area contributed by atoms with Crippen LogP contribution in [0, 0.1) is 0 Å². The van der Waals surface area contributed by atoms with Crippen molar-refractivity contribution in [2.45, 2.75) is 18.8 Å². The third-order valence-corrected chi connectivity index (χ3v) is 9.55. The van der Waals surface area contributed by atoms with Crippen molar-refractivity contribution in [3.8, 4) is 22.3 Å². The van der Waals surface area contributed by atoms with E-state index in [-0.39, 0.29) is 5.92 Å². The van der Waals surface area contributed by atoms with Crippen LogP contribution in [-0.4, -0.2) is 7.05 Å². The molecule has 1 N–H and O–H groups in total. The van der Waals surface area contributed by atoms with Crippen LogP contribution in [0.4, 0.5) is 0 Å². The summed E-state index contributed by atoms with van der Waals surface area (Å²) in [5.41, 5.74) is 13.0. The fourth-order valence-corrected chi connectivity index (χ4v) is 6.93. The van der Waals surface area contributed by atoms with Crippen molar-refractivity contribution >= 4 is 5.57 Å². The molecular formula is C54H49N. The van der Waals surface area contributed by atoms with Gasteiger partial charge >= 0.3 is 0 Å². The van der Waals surface area contributed by atoms with Crippen LogP contribution in [0.1, 0.15) is 35.4 Å². The predicted octanol–water partition coefficient (Wildman–Crippen LogP) is 14.0. The fraction of sp³-hybridized carbons (Fsp3) is 0.0741. The van der Waals surface area contributed by atoms with Crippen LogP contribution in [0.3, 0.4) is 0 Å². The highest BCUT2D eigenvalue weighted by Gasteiger charge is 2.18. The topological polar surface area (TPSA) is 12.0 Å². The van der Waals surface area contributed by atoms with E-state index in [1.807, 2.05) is 19.2 Å². The zero-order chi connectivity index (χ0) is 37.9. The molecule has 0 radical (unpaired) electrons. The molecule has 55 heavy (non-hydrogen) atoms. The largest absolute Gasteiger partial charge is 0.388 e. The Bertz CT molecular complexity index is 2180. The average Bonchev–Trinajstić information content (AvgIpc) is 3.24. The van der Waals surface area contributed by atoms with Crippen molar-refractivity contribution in [1.29, 1.82) is 0 Å². The Morgan fingerprint density at radius 1 is 0.582 bits per heavy atom. The van der Waals surface area contributed by atoms with Gasteiger partial charge in [0.15, 0.2) is 0 Å². The number of likely N-dealkylation sites (N-methyl/N-ethyl adjacent to an activating group) is 1. The van der Waals surface area contributed by atoms with Crippen LogP contribution >= 0.6 is 0 Å². The SMILES string of the molecule is C=C/C=C\CC\C=C(/C=C(NC)/C1=C/C=C\C=C(C(c2ccccc2)c2ccccc2)/C=C\C=C\C=C\1)c1c(-c2ccccc2)cccc1-c1ccccc1. The maximum absolute atomic E-state index is 3.86. The smallest absolute Gasteiger partial charge is 0.0417 e. The highest BCUT2D eigenvalue weighted by atomic mass is 14.8. The van der Waals surface area contributed by atoms with Gasteiger partial charge in [0, 0.05) is 18.7 Å². The van der Waals surface area contributed by atoms with Crippen molar-refractivity contribution in [2.24, 2.45) is 0 Å². The summed E-state index contributed by atoms with van der Waals surface area (Å²) < 4.78 is 0. The predicted molar refractivity (Wildman–Crippen MR) is 238 cm³/mol. The Kier molecular flexibility index (Phi) is 14.2. The highest BCUT2D eigenvalue weighted by Crippen LogP contribution is 2.39. The molecule has 0 atom stereocenters. The van der Waals surface area contributed by atoms with E-state index in [4.69, 9.17) is 0 Å². The molecule has 5 aromatic carbocycles. The zero-order valence-electron chi connectivity index (χ0n) is 31.6. The Labute approximate surface area is 328 Å². The summed E-state index contributed by atoms with van der Waals surface area (Å²) in [6, 6.07) is 49.6. The lowest BCUT2D eigenvalue weighted by Gasteiger charge is -2.20. The van der Waals surface area contributed by atoms with Gasteiger partial charge in [0.1, 0.15) is 0 Å². The molecule has 270 valence electrons. The second-order valence-corrected chi connectivity index (χ2v) is 13.2. The summed E-state index contributed by atoms with van der Waals surface area (Å²) in [7, 11) is 2.01. The first-order valence-electron chi connectivity index (χ1n) is 19.1. The van der Waals surface area contributed by atoms with E-state index in [1.54, 1.807) is 0 Å². The number of hydrogen-bond acceptors (Lipinski definition) is 1. The molecule has 0 aromatic heterocycles. The lowest BCUT2D eigenvalue weighted by atomic mass is 9.84. The summed E-state index contributed by atoms with van der Waals surface area (Å²) in [6.45, 7) is 3.86. The monoisotopic (exact) mass is 711 g/mol. The number of allylic oxidation sites excluding steroid dienone is 17. The molecule has 0 aliphatic heterocycles. The molecule has 0 saturated heterocycles. The van der Waals surface area contributed by atoms with Crippen molar-refractivity contribution in [3.63, 3.8) is 0 Å². The number of rotatable bonds is 13. The quantitative estimate of drug-likeness (QED) is 0.0947. The zero-order valence-corrected chi connectivity index (χ0v) is 31.6. The summed E-state index contributed by atoms with van der Waals surface area (Å²) in [5.74, 6) is 0.101. The Balaban J connectivity index is 1.47. The second-order valence-electron chi connectivity index (χ2n) is 13.2. The van der Waals surface area contributed by atoms with E-state index in [0.29, 0.717) is 0 Å². The fourth-order valence-electron chi connectivity index (χ4n) is 6.93. The minimum atomic E-state index is 0.101. The lowest BCUT2D eigenvalue weighted by Crippen LogP contribution is -2.08. The maximum Gasteiger partial charge on any atom is 0.0417 e. The maximum atomic E-state index is 3.86. The van der Waals surface area contributed by atoms with Crippen molar-refractivity contribution in [1.82, 2.24) is 5.32 Å². The summed E-state index contributed by atoms with van der Waals surface area (Å²) in [5, 5.41) is 3.57. The van der Waals surface area contributed by atoms with E-state index in [9.17, 15) is 0 Å². The van der Waals surface area contributed by atoms with E-state index >= 15 is 0 Å².